The summed E-state index contributed by atoms with van der Waals surface area (Å²) < 4.78 is 39.0. The number of carbonyl (C=O) groups excluding carboxylic acids is 1. The number of benzene rings is 2. The minimum atomic E-state index is -3.64. The van der Waals surface area contributed by atoms with Crippen LogP contribution in [0.4, 0.5) is 0 Å². The number of rotatable bonds is 11. The Morgan fingerprint density at radius 1 is 1.00 bits per heavy atom. The van der Waals surface area contributed by atoms with E-state index in [2.05, 4.69) is 6.92 Å². The van der Waals surface area contributed by atoms with E-state index in [-0.39, 0.29) is 24.7 Å². The first-order valence-corrected chi connectivity index (χ1v) is 12.2. The van der Waals surface area contributed by atoms with Gasteiger partial charge in [-0.15, -0.1) is 0 Å². The number of unbranched alkanes of at least 4 members (excludes halogenated alkanes) is 1. The van der Waals surface area contributed by atoms with E-state index >= 15 is 0 Å². The maximum atomic E-state index is 13.3. The normalized spacial score (nSPS) is 11.2. The van der Waals surface area contributed by atoms with Gasteiger partial charge < -0.3 is 18.2 Å². The highest BCUT2D eigenvalue weighted by Gasteiger charge is 2.19. The number of furan rings is 1. The van der Waals surface area contributed by atoms with E-state index in [4.69, 9.17) is 13.3 Å². The van der Waals surface area contributed by atoms with Gasteiger partial charge in [0.15, 0.2) is 0 Å². The topological polar surface area (TPSA) is 86.0 Å². The van der Waals surface area contributed by atoms with Gasteiger partial charge in [0, 0.05) is 12.1 Å². The van der Waals surface area contributed by atoms with Gasteiger partial charge in [0.2, 0.25) is 0 Å². The lowest BCUT2D eigenvalue weighted by atomic mass is 10.1. The second-order valence-electron chi connectivity index (χ2n) is 7.40. The van der Waals surface area contributed by atoms with Gasteiger partial charge >= 0.3 is 10.1 Å². The summed E-state index contributed by atoms with van der Waals surface area (Å²) in [4.78, 5) is 14.9. The summed E-state index contributed by atoms with van der Waals surface area (Å²) in [5.41, 5.74) is 1.24. The van der Waals surface area contributed by atoms with Crippen LogP contribution in [0.2, 0.25) is 0 Å². The van der Waals surface area contributed by atoms with Crippen LogP contribution in [0.1, 0.15) is 41.4 Å². The summed E-state index contributed by atoms with van der Waals surface area (Å²) in [5.74, 6) is 1.37. The van der Waals surface area contributed by atoms with E-state index in [0.29, 0.717) is 17.9 Å². The monoisotopic (exact) mass is 457 g/mol. The van der Waals surface area contributed by atoms with Crippen molar-refractivity contribution in [1.82, 2.24) is 4.90 Å². The lowest BCUT2D eigenvalue weighted by Crippen LogP contribution is -2.30. The molecule has 0 aliphatic heterocycles. The Hall–Kier alpha value is -3.26. The summed E-state index contributed by atoms with van der Waals surface area (Å²) in [6.07, 6.45) is 4.57. The molecule has 0 aliphatic rings. The Kier molecular flexibility index (Phi) is 7.94. The molecule has 2 aromatic carbocycles. The fourth-order valence-corrected chi connectivity index (χ4v) is 3.54. The van der Waals surface area contributed by atoms with Crippen LogP contribution in [0, 0.1) is 0 Å². The highest BCUT2D eigenvalue weighted by atomic mass is 32.2. The average molecular weight is 458 g/mol. The summed E-state index contributed by atoms with van der Waals surface area (Å²) in [6.45, 7) is 3.25. The molecule has 0 fully saturated rings. The fourth-order valence-electron chi connectivity index (χ4n) is 3.09. The molecule has 0 atom stereocenters. The van der Waals surface area contributed by atoms with Crippen LogP contribution >= 0.6 is 0 Å². The third-order valence-corrected chi connectivity index (χ3v) is 5.10. The van der Waals surface area contributed by atoms with Crippen LogP contribution in [0.15, 0.2) is 71.3 Å². The SMILES string of the molecule is CCCCOc1ccc(C(=O)N(Cc2cccc(OS(C)(=O)=O)c2)Cc2ccco2)cc1. The van der Waals surface area contributed by atoms with Gasteiger partial charge in [0.05, 0.1) is 25.7 Å². The molecule has 0 aliphatic carbocycles. The summed E-state index contributed by atoms with van der Waals surface area (Å²) in [5, 5.41) is 0. The minimum absolute atomic E-state index is 0.184. The van der Waals surface area contributed by atoms with Crippen molar-refractivity contribution >= 4 is 16.0 Å². The van der Waals surface area contributed by atoms with Gasteiger partial charge in [-0.2, -0.15) is 8.42 Å². The zero-order valence-corrected chi connectivity index (χ0v) is 19.0. The molecule has 170 valence electrons. The lowest BCUT2D eigenvalue weighted by Gasteiger charge is -2.22. The number of nitrogens with zero attached hydrogens (tertiary/aromatic N) is 1. The average Bonchev–Trinajstić information content (AvgIpc) is 3.26. The molecule has 0 radical (unpaired) electrons. The summed E-state index contributed by atoms with van der Waals surface area (Å²) in [7, 11) is -3.64. The van der Waals surface area contributed by atoms with Crippen LogP contribution in [0.3, 0.4) is 0 Å². The minimum Gasteiger partial charge on any atom is -0.494 e. The van der Waals surface area contributed by atoms with Crippen molar-refractivity contribution in [2.75, 3.05) is 12.9 Å². The molecule has 0 bridgehead atoms. The Balaban J connectivity index is 1.78. The van der Waals surface area contributed by atoms with Crippen LogP contribution in [0.25, 0.3) is 0 Å². The Bertz CT molecular complexity index is 1110. The molecule has 1 heterocycles. The van der Waals surface area contributed by atoms with E-state index in [0.717, 1.165) is 30.4 Å². The largest absolute Gasteiger partial charge is 0.494 e. The van der Waals surface area contributed by atoms with Crippen LogP contribution in [-0.4, -0.2) is 32.1 Å². The fraction of sp³-hybridized carbons (Fsp3) is 0.292. The quantitative estimate of drug-likeness (QED) is 0.308. The van der Waals surface area contributed by atoms with Crippen molar-refractivity contribution in [2.24, 2.45) is 0 Å². The van der Waals surface area contributed by atoms with E-state index in [9.17, 15) is 13.2 Å². The lowest BCUT2D eigenvalue weighted by molar-refractivity contribution is 0.0717. The molecular formula is C24H27NO6S. The van der Waals surface area contributed by atoms with Gasteiger partial charge in [0.25, 0.3) is 5.91 Å². The van der Waals surface area contributed by atoms with Gasteiger partial charge in [-0.3, -0.25) is 4.79 Å². The third-order valence-electron chi connectivity index (χ3n) is 4.60. The van der Waals surface area contributed by atoms with Crippen molar-refractivity contribution < 1.29 is 26.5 Å². The highest BCUT2D eigenvalue weighted by molar-refractivity contribution is 7.86. The number of carbonyl (C=O) groups is 1. The first-order chi connectivity index (χ1) is 15.3. The van der Waals surface area contributed by atoms with Crippen LogP contribution in [-0.2, 0) is 23.2 Å². The molecule has 0 unspecified atom stereocenters. The molecule has 0 saturated heterocycles. The second-order valence-corrected chi connectivity index (χ2v) is 8.98. The molecule has 0 spiro atoms. The predicted molar refractivity (Wildman–Crippen MR) is 121 cm³/mol. The number of hydrogen-bond acceptors (Lipinski definition) is 6. The van der Waals surface area contributed by atoms with E-state index < -0.39 is 10.1 Å². The molecule has 32 heavy (non-hydrogen) atoms. The van der Waals surface area contributed by atoms with Gasteiger partial charge in [-0.1, -0.05) is 25.5 Å². The molecule has 0 N–H and O–H groups in total. The first kappa shape index (κ1) is 23.4. The molecule has 1 amide bonds. The van der Waals surface area contributed by atoms with E-state index in [1.54, 1.807) is 65.8 Å². The van der Waals surface area contributed by atoms with Crippen molar-refractivity contribution in [3.05, 3.63) is 83.8 Å². The second kappa shape index (κ2) is 10.9. The Labute approximate surface area is 188 Å². The molecule has 0 saturated carbocycles. The summed E-state index contributed by atoms with van der Waals surface area (Å²) >= 11 is 0. The summed E-state index contributed by atoms with van der Waals surface area (Å²) in [6, 6.07) is 17.3. The van der Waals surface area contributed by atoms with Crippen LogP contribution in [0.5, 0.6) is 11.5 Å². The van der Waals surface area contributed by atoms with Gasteiger partial charge in [-0.25, -0.2) is 0 Å². The van der Waals surface area contributed by atoms with Crippen molar-refractivity contribution in [3.63, 3.8) is 0 Å². The first-order valence-electron chi connectivity index (χ1n) is 10.4. The van der Waals surface area contributed by atoms with E-state index in [1.807, 2.05) is 6.07 Å². The number of ether oxygens (including phenoxy) is 1. The van der Waals surface area contributed by atoms with Crippen LogP contribution < -0.4 is 8.92 Å². The van der Waals surface area contributed by atoms with E-state index in [1.165, 1.54) is 0 Å². The predicted octanol–water partition coefficient (Wildman–Crippen LogP) is 4.64. The third kappa shape index (κ3) is 7.16. The van der Waals surface area contributed by atoms with Gasteiger partial charge in [0.1, 0.15) is 17.3 Å². The highest BCUT2D eigenvalue weighted by Crippen LogP contribution is 2.20. The number of hydrogen-bond donors (Lipinski definition) is 0. The maximum Gasteiger partial charge on any atom is 0.306 e. The number of amides is 1. The molecular weight excluding hydrogens is 430 g/mol. The maximum absolute atomic E-state index is 13.3. The molecule has 7 nitrogen and oxygen atoms in total. The zero-order valence-electron chi connectivity index (χ0n) is 18.2. The molecule has 3 aromatic rings. The van der Waals surface area contributed by atoms with Gasteiger partial charge in [-0.05, 0) is 60.5 Å². The smallest absolute Gasteiger partial charge is 0.306 e. The molecule has 8 heteroatoms. The molecule has 1 aromatic heterocycles. The standard InChI is InChI=1S/C24H27NO6S/c1-3-4-14-29-21-12-10-20(11-13-21)24(26)25(18-23-9-6-15-30-23)17-19-7-5-8-22(16-19)31-32(2,27)28/h5-13,15-16H,3-4,14,17-18H2,1-2H3. The zero-order chi connectivity index (χ0) is 23.0. The van der Waals surface area contributed by atoms with Crippen molar-refractivity contribution in [1.29, 1.82) is 0 Å². The Morgan fingerprint density at radius 3 is 2.44 bits per heavy atom. The molecule has 3 rings (SSSR count). The van der Waals surface area contributed by atoms with Crippen molar-refractivity contribution in [2.45, 2.75) is 32.9 Å². The van der Waals surface area contributed by atoms with Crippen molar-refractivity contribution in [3.8, 4) is 11.5 Å². The Morgan fingerprint density at radius 2 is 1.78 bits per heavy atom.